The van der Waals surface area contributed by atoms with Crippen molar-refractivity contribution in [3.63, 3.8) is 0 Å². The number of ether oxygens (including phenoxy) is 1. The van der Waals surface area contributed by atoms with Crippen molar-refractivity contribution in [1.29, 1.82) is 0 Å². The highest BCUT2D eigenvalue weighted by Crippen LogP contribution is 2.41. The normalized spacial score (nSPS) is 25.8. The number of rotatable bonds is 2. The summed E-state index contributed by atoms with van der Waals surface area (Å²) in [6.07, 6.45) is 3.07. The van der Waals surface area contributed by atoms with E-state index in [0.717, 1.165) is 24.3 Å². The Hall–Kier alpha value is -0.720. The van der Waals surface area contributed by atoms with Crippen LogP contribution in [0.2, 0.25) is 0 Å². The molecule has 1 atom stereocenters. The Labute approximate surface area is 130 Å². The molecule has 0 amide bonds. The second-order valence-electron chi connectivity index (χ2n) is 5.84. The fourth-order valence-corrected chi connectivity index (χ4v) is 6.45. The maximum atomic E-state index is 12.9. The molecule has 1 aromatic rings. The third-order valence-corrected chi connectivity index (χ3v) is 7.77. The van der Waals surface area contributed by atoms with Gasteiger partial charge in [0.05, 0.1) is 21.4 Å². The summed E-state index contributed by atoms with van der Waals surface area (Å²) in [7, 11) is -3.38. The SMILES string of the molecule is Nc1ccccc1S(=O)(=O)C1CCOC2(CCSCC2)C1. The molecule has 0 aromatic heterocycles. The topological polar surface area (TPSA) is 69.4 Å². The van der Waals surface area contributed by atoms with Crippen LogP contribution in [0.4, 0.5) is 5.69 Å². The zero-order chi connectivity index (χ0) is 14.9. The van der Waals surface area contributed by atoms with Crippen LogP contribution in [0.5, 0.6) is 0 Å². The molecule has 116 valence electrons. The fourth-order valence-electron chi connectivity index (χ4n) is 3.26. The monoisotopic (exact) mass is 327 g/mol. The van der Waals surface area contributed by atoms with Crippen molar-refractivity contribution in [2.24, 2.45) is 0 Å². The van der Waals surface area contributed by atoms with E-state index >= 15 is 0 Å². The first-order valence-electron chi connectivity index (χ1n) is 7.34. The standard InChI is InChI=1S/C15H21NO3S2/c16-13-3-1-2-4-14(13)21(17,18)12-5-8-19-15(11-12)6-9-20-10-7-15/h1-4,12H,5-11,16H2. The van der Waals surface area contributed by atoms with Gasteiger partial charge < -0.3 is 10.5 Å². The fraction of sp³-hybridized carbons (Fsp3) is 0.600. The highest BCUT2D eigenvalue weighted by molar-refractivity contribution is 7.99. The predicted octanol–water partition coefficient (Wildman–Crippen LogP) is 2.49. The van der Waals surface area contributed by atoms with Crippen LogP contribution in [0.15, 0.2) is 29.2 Å². The lowest BCUT2D eigenvalue weighted by atomic mass is 9.88. The number of sulfone groups is 1. The third kappa shape index (κ3) is 2.94. The van der Waals surface area contributed by atoms with Crippen LogP contribution in [-0.4, -0.2) is 37.4 Å². The second kappa shape index (κ2) is 5.82. The molecule has 2 fully saturated rings. The molecule has 3 rings (SSSR count). The van der Waals surface area contributed by atoms with Gasteiger partial charge in [0.1, 0.15) is 0 Å². The maximum Gasteiger partial charge on any atom is 0.183 e. The lowest BCUT2D eigenvalue weighted by Gasteiger charge is -2.43. The van der Waals surface area contributed by atoms with E-state index in [0.29, 0.717) is 25.1 Å². The number of anilines is 1. The number of nitrogens with two attached hydrogens (primary N) is 1. The molecule has 1 spiro atoms. The molecule has 2 aliphatic rings. The van der Waals surface area contributed by atoms with Gasteiger partial charge >= 0.3 is 0 Å². The average Bonchev–Trinajstić information content (AvgIpc) is 2.48. The number of benzene rings is 1. The van der Waals surface area contributed by atoms with E-state index in [-0.39, 0.29) is 15.7 Å². The smallest absolute Gasteiger partial charge is 0.183 e. The molecule has 6 heteroatoms. The molecule has 0 aliphatic carbocycles. The molecule has 1 aromatic carbocycles. The van der Waals surface area contributed by atoms with Gasteiger partial charge in [0.25, 0.3) is 0 Å². The zero-order valence-electron chi connectivity index (χ0n) is 12.0. The highest BCUT2D eigenvalue weighted by atomic mass is 32.2. The van der Waals surface area contributed by atoms with Crippen LogP contribution in [0.25, 0.3) is 0 Å². The molecular formula is C15H21NO3S2. The van der Waals surface area contributed by atoms with Gasteiger partial charge in [0, 0.05) is 6.61 Å². The van der Waals surface area contributed by atoms with E-state index in [1.807, 2.05) is 11.8 Å². The molecule has 1 unspecified atom stereocenters. The van der Waals surface area contributed by atoms with Gasteiger partial charge in [0.15, 0.2) is 9.84 Å². The lowest BCUT2D eigenvalue weighted by Crippen LogP contribution is -2.46. The molecule has 0 radical (unpaired) electrons. The highest BCUT2D eigenvalue weighted by Gasteiger charge is 2.43. The van der Waals surface area contributed by atoms with E-state index in [1.54, 1.807) is 24.3 Å². The molecule has 2 saturated heterocycles. The van der Waals surface area contributed by atoms with Crippen LogP contribution in [0, 0.1) is 0 Å². The first kappa shape index (κ1) is 15.2. The predicted molar refractivity (Wildman–Crippen MR) is 86.3 cm³/mol. The second-order valence-corrected chi connectivity index (χ2v) is 9.26. The number of hydrogen-bond acceptors (Lipinski definition) is 5. The number of para-hydroxylation sites is 1. The number of hydrogen-bond donors (Lipinski definition) is 1. The van der Waals surface area contributed by atoms with Crippen LogP contribution >= 0.6 is 11.8 Å². The van der Waals surface area contributed by atoms with Gasteiger partial charge in [-0.1, -0.05) is 12.1 Å². The summed E-state index contributed by atoms with van der Waals surface area (Å²) in [4.78, 5) is 0.275. The van der Waals surface area contributed by atoms with Gasteiger partial charge in [-0.15, -0.1) is 0 Å². The number of thioether (sulfide) groups is 1. The quantitative estimate of drug-likeness (QED) is 0.845. The summed E-state index contributed by atoms with van der Waals surface area (Å²) >= 11 is 1.92. The van der Waals surface area contributed by atoms with Crippen molar-refractivity contribution in [2.45, 2.75) is 41.4 Å². The Morgan fingerprint density at radius 1 is 1.24 bits per heavy atom. The maximum absolute atomic E-state index is 12.9. The van der Waals surface area contributed by atoms with Crippen molar-refractivity contribution in [3.05, 3.63) is 24.3 Å². The van der Waals surface area contributed by atoms with E-state index in [1.165, 1.54) is 0 Å². The Morgan fingerprint density at radius 2 is 1.95 bits per heavy atom. The molecule has 2 aliphatic heterocycles. The Bertz CT molecular complexity index is 604. The van der Waals surface area contributed by atoms with Gasteiger partial charge in [0.2, 0.25) is 0 Å². The van der Waals surface area contributed by atoms with Crippen molar-refractivity contribution in [3.8, 4) is 0 Å². The molecule has 4 nitrogen and oxygen atoms in total. The summed E-state index contributed by atoms with van der Waals surface area (Å²) in [6.45, 7) is 0.529. The van der Waals surface area contributed by atoms with Crippen molar-refractivity contribution in [1.82, 2.24) is 0 Å². The summed E-state index contributed by atoms with van der Waals surface area (Å²) in [5.74, 6) is 2.11. The molecule has 0 bridgehead atoms. The van der Waals surface area contributed by atoms with Crippen molar-refractivity contribution >= 4 is 27.3 Å². The van der Waals surface area contributed by atoms with Crippen molar-refractivity contribution in [2.75, 3.05) is 23.8 Å². The molecule has 21 heavy (non-hydrogen) atoms. The van der Waals surface area contributed by atoms with Gasteiger partial charge in [-0.3, -0.25) is 0 Å². The largest absolute Gasteiger partial charge is 0.398 e. The molecule has 0 saturated carbocycles. The average molecular weight is 327 g/mol. The zero-order valence-corrected chi connectivity index (χ0v) is 13.6. The Balaban J connectivity index is 1.87. The molecule has 2 heterocycles. The van der Waals surface area contributed by atoms with E-state index in [4.69, 9.17) is 10.5 Å². The summed E-state index contributed by atoms with van der Waals surface area (Å²) in [6, 6.07) is 6.76. The summed E-state index contributed by atoms with van der Waals surface area (Å²) in [5.41, 5.74) is 5.98. The van der Waals surface area contributed by atoms with E-state index < -0.39 is 9.84 Å². The third-order valence-electron chi connectivity index (χ3n) is 4.52. The minimum absolute atomic E-state index is 0.231. The summed E-state index contributed by atoms with van der Waals surface area (Å²) < 4.78 is 31.8. The minimum Gasteiger partial charge on any atom is -0.398 e. The van der Waals surface area contributed by atoms with E-state index in [2.05, 4.69) is 0 Å². The molecular weight excluding hydrogens is 306 g/mol. The van der Waals surface area contributed by atoms with Crippen molar-refractivity contribution < 1.29 is 13.2 Å². The number of nitrogen functional groups attached to an aromatic ring is 1. The van der Waals surface area contributed by atoms with Crippen LogP contribution in [0.3, 0.4) is 0 Å². The minimum atomic E-state index is -3.38. The Morgan fingerprint density at radius 3 is 2.67 bits per heavy atom. The van der Waals surface area contributed by atoms with Crippen LogP contribution in [-0.2, 0) is 14.6 Å². The van der Waals surface area contributed by atoms with Gasteiger partial charge in [-0.05, 0) is 49.3 Å². The first-order valence-corrected chi connectivity index (χ1v) is 10.0. The van der Waals surface area contributed by atoms with Gasteiger partial charge in [-0.25, -0.2) is 8.42 Å². The van der Waals surface area contributed by atoms with Gasteiger partial charge in [-0.2, -0.15) is 11.8 Å². The molecule has 2 N–H and O–H groups in total. The summed E-state index contributed by atoms with van der Waals surface area (Å²) in [5, 5.41) is -0.376. The Kier molecular flexibility index (Phi) is 4.21. The lowest BCUT2D eigenvalue weighted by molar-refractivity contribution is -0.0813. The van der Waals surface area contributed by atoms with Crippen LogP contribution in [0.1, 0.15) is 25.7 Å². The first-order chi connectivity index (χ1) is 10.0. The van der Waals surface area contributed by atoms with E-state index in [9.17, 15) is 8.42 Å². The van der Waals surface area contributed by atoms with Crippen LogP contribution < -0.4 is 5.73 Å².